The van der Waals surface area contributed by atoms with Crippen LogP contribution in [0.1, 0.15) is 11.3 Å². The van der Waals surface area contributed by atoms with E-state index in [0.717, 1.165) is 41.7 Å². The second kappa shape index (κ2) is 8.01. The highest BCUT2D eigenvalue weighted by molar-refractivity contribution is 5.46. The van der Waals surface area contributed by atoms with Gasteiger partial charge < -0.3 is 19.8 Å². The molecule has 3 rings (SSSR count). The molecule has 0 amide bonds. The quantitative estimate of drug-likeness (QED) is 0.662. The average molecular weight is 324 g/mol. The number of benzene rings is 1. The first-order valence-electron chi connectivity index (χ1n) is 7.79. The molecule has 0 aliphatic heterocycles. The third-order valence-corrected chi connectivity index (χ3v) is 3.58. The van der Waals surface area contributed by atoms with Crippen molar-refractivity contribution in [2.24, 2.45) is 0 Å². The van der Waals surface area contributed by atoms with Gasteiger partial charge in [-0.05, 0) is 30.2 Å². The maximum absolute atomic E-state index is 5.36. The van der Waals surface area contributed by atoms with Gasteiger partial charge in [0.05, 0.1) is 19.9 Å². The Morgan fingerprint density at radius 3 is 2.67 bits per heavy atom. The minimum atomic E-state index is 0.588. The number of rotatable bonds is 8. The number of hydrogen-bond acceptors (Lipinski definition) is 6. The first-order chi connectivity index (χ1) is 11.8. The van der Waals surface area contributed by atoms with Gasteiger partial charge in [0.2, 0.25) is 0 Å². The summed E-state index contributed by atoms with van der Waals surface area (Å²) < 4.78 is 10.7. The normalized spacial score (nSPS) is 10.4. The molecule has 2 aromatic heterocycles. The molecule has 0 aliphatic rings. The lowest BCUT2D eigenvalue weighted by Crippen LogP contribution is -2.08. The zero-order chi connectivity index (χ0) is 16.6. The summed E-state index contributed by atoms with van der Waals surface area (Å²) in [5.41, 5.74) is 1.16. The van der Waals surface area contributed by atoms with Gasteiger partial charge in [-0.15, -0.1) is 0 Å². The molecule has 6 heteroatoms. The van der Waals surface area contributed by atoms with Crippen LogP contribution in [0.5, 0.6) is 5.75 Å². The Bertz CT molecular complexity index is 759. The summed E-state index contributed by atoms with van der Waals surface area (Å²) in [5, 5.41) is 6.52. The molecule has 0 saturated carbocycles. The third-order valence-electron chi connectivity index (χ3n) is 3.58. The molecule has 0 aliphatic carbocycles. The predicted molar refractivity (Wildman–Crippen MR) is 93.3 cm³/mol. The van der Waals surface area contributed by atoms with Crippen molar-refractivity contribution < 1.29 is 9.15 Å². The van der Waals surface area contributed by atoms with Crippen LogP contribution in [-0.2, 0) is 13.0 Å². The fourth-order valence-electron chi connectivity index (χ4n) is 2.38. The Morgan fingerprint density at radius 1 is 1.04 bits per heavy atom. The first kappa shape index (κ1) is 15.9. The van der Waals surface area contributed by atoms with Crippen LogP contribution >= 0.6 is 0 Å². The molecule has 0 bridgehead atoms. The summed E-state index contributed by atoms with van der Waals surface area (Å²) in [4.78, 5) is 8.45. The van der Waals surface area contributed by atoms with E-state index in [-0.39, 0.29) is 0 Å². The smallest absolute Gasteiger partial charge is 0.131 e. The van der Waals surface area contributed by atoms with Gasteiger partial charge in [-0.1, -0.05) is 18.2 Å². The maximum Gasteiger partial charge on any atom is 0.131 e. The molecule has 0 atom stereocenters. The van der Waals surface area contributed by atoms with Crippen molar-refractivity contribution in [2.45, 2.75) is 13.0 Å². The van der Waals surface area contributed by atoms with Crippen molar-refractivity contribution in [3.8, 4) is 5.75 Å². The third kappa shape index (κ3) is 4.25. The predicted octanol–water partition coefficient (Wildman–Crippen LogP) is 3.34. The van der Waals surface area contributed by atoms with E-state index in [1.807, 2.05) is 36.4 Å². The molecule has 24 heavy (non-hydrogen) atoms. The monoisotopic (exact) mass is 324 g/mol. The largest absolute Gasteiger partial charge is 0.496 e. The highest BCUT2D eigenvalue weighted by Gasteiger charge is 2.03. The van der Waals surface area contributed by atoms with Crippen LogP contribution in [0.3, 0.4) is 0 Å². The summed E-state index contributed by atoms with van der Waals surface area (Å²) in [6.07, 6.45) is 4.04. The van der Waals surface area contributed by atoms with Crippen LogP contribution in [0.15, 0.2) is 59.5 Å². The molecule has 1 aromatic carbocycles. The van der Waals surface area contributed by atoms with Crippen molar-refractivity contribution in [1.82, 2.24) is 9.97 Å². The SMILES string of the molecule is COc1ccccc1CCNc1cc(NCc2ccco2)ncn1. The number of anilines is 2. The summed E-state index contributed by atoms with van der Waals surface area (Å²) in [6, 6.07) is 13.7. The highest BCUT2D eigenvalue weighted by atomic mass is 16.5. The lowest BCUT2D eigenvalue weighted by Gasteiger charge is -2.10. The summed E-state index contributed by atoms with van der Waals surface area (Å²) in [7, 11) is 1.69. The van der Waals surface area contributed by atoms with Gasteiger partial charge in [0.1, 0.15) is 29.5 Å². The lowest BCUT2D eigenvalue weighted by atomic mass is 10.1. The Balaban J connectivity index is 1.53. The standard InChI is InChI=1S/C18H20N4O2/c1-23-16-7-3-2-5-14(16)8-9-19-17-11-18(22-13-21-17)20-12-15-6-4-10-24-15/h2-7,10-11,13H,8-9,12H2,1H3,(H2,19,20,21,22). The fourth-order valence-corrected chi connectivity index (χ4v) is 2.38. The summed E-state index contributed by atoms with van der Waals surface area (Å²) >= 11 is 0. The molecule has 2 heterocycles. The van der Waals surface area contributed by atoms with Gasteiger partial charge in [-0.2, -0.15) is 0 Å². The topological polar surface area (TPSA) is 72.2 Å². The maximum atomic E-state index is 5.36. The summed E-state index contributed by atoms with van der Waals surface area (Å²) in [6.45, 7) is 1.35. The molecule has 124 valence electrons. The van der Waals surface area contributed by atoms with E-state index < -0.39 is 0 Å². The molecule has 3 aromatic rings. The second-order valence-corrected chi connectivity index (χ2v) is 5.21. The van der Waals surface area contributed by atoms with Crippen LogP contribution in [0.4, 0.5) is 11.6 Å². The molecule has 6 nitrogen and oxygen atoms in total. The van der Waals surface area contributed by atoms with Gasteiger partial charge in [-0.25, -0.2) is 9.97 Å². The van der Waals surface area contributed by atoms with E-state index >= 15 is 0 Å². The van der Waals surface area contributed by atoms with E-state index in [2.05, 4.69) is 26.7 Å². The van der Waals surface area contributed by atoms with Crippen LogP contribution < -0.4 is 15.4 Å². The van der Waals surface area contributed by atoms with E-state index in [0.29, 0.717) is 6.54 Å². The van der Waals surface area contributed by atoms with Crippen LogP contribution in [0, 0.1) is 0 Å². The van der Waals surface area contributed by atoms with E-state index in [1.165, 1.54) is 6.33 Å². The molecule has 0 radical (unpaired) electrons. The first-order valence-corrected chi connectivity index (χ1v) is 7.79. The molecular weight excluding hydrogens is 304 g/mol. The van der Waals surface area contributed by atoms with Crippen molar-refractivity contribution in [3.05, 3.63) is 66.4 Å². The molecule has 0 fully saturated rings. The Kier molecular flexibility index (Phi) is 5.29. The van der Waals surface area contributed by atoms with Gasteiger partial charge in [-0.3, -0.25) is 0 Å². The number of hydrogen-bond donors (Lipinski definition) is 2. The van der Waals surface area contributed by atoms with Crippen molar-refractivity contribution in [3.63, 3.8) is 0 Å². The average Bonchev–Trinajstić information content (AvgIpc) is 3.14. The molecular formula is C18H20N4O2. The molecule has 2 N–H and O–H groups in total. The van der Waals surface area contributed by atoms with Crippen molar-refractivity contribution >= 4 is 11.6 Å². The molecule has 0 unspecified atom stereocenters. The number of nitrogens with zero attached hydrogens (tertiary/aromatic N) is 2. The van der Waals surface area contributed by atoms with E-state index in [1.54, 1.807) is 13.4 Å². The number of nitrogens with one attached hydrogen (secondary N) is 2. The Hall–Kier alpha value is -3.02. The number of ether oxygens (including phenoxy) is 1. The van der Waals surface area contributed by atoms with Gasteiger partial charge in [0.25, 0.3) is 0 Å². The molecule has 0 saturated heterocycles. The lowest BCUT2D eigenvalue weighted by molar-refractivity contribution is 0.410. The fraction of sp³-hybridized carbons (Fsp3) is 0.222. The summed E-state index contributed by atoms with van der Waals surface area (Å²) in [5.74, 6) is 3.30. The van der Waals surface area contributed by atoms with Crippen molar-refractivity contribution in [2.75, 3.05) is 24.3 Å². The minimum Gasteiger partial charge on any atom is -0.496 e. The van der Waals surface area contributed by atoms with Crippen LogP contribution in [0.25, 0.3) is 0 Å². The van der Waals surface area contributed by atoms with Crippen LogP contribution in [-0.4, -0.2) is 23.6 Å². The van der Waals surface area contributed by atoms with E-state index in [9.17, 15) is 0 Å². The van der Waals surface area contributed by atoms with Crippen molar-refractivity contribution in [1.29, 1.82) is 0 Å². The Labute approximate surface area is 140 Å². The van der Waals surface area contributed by atoms with E-state index in [4.69, 9.17) is 9.15 Å². The number of methoxy groups -OCH3 is 1. The minimum absolute atomic E-state index is 0.588. The number of aromatic nitrogens is 2. The zero-order valence-corrected chi connectivity index (χ0v) is 13.5. The number of furan rings is 1. The van der Waals surface area contributed by atoms with Gasteiger partial charge >= 0.3 is 0 Å². The molecule has 0 spiro atoms. The number of para-hydroxylation sites is 1. The highest BCUT2D eigenvalue weighted by Crippen LogP contribution is 2.18. The second-order valence-electron chi connectivity index (χ2n) is 5.21. The van der Waals surface area contributed by atoms with Gasteiger partial charge in [0, 0.05) is 12.6 Å². The van der Waals surface area contributed by atoms with Crippen LogP contribution in [0.2, 0.25) is 0 Å². The Morgan fingerprint density at radius 2 is 1.88 bits per heavy atom. The van der Waals surface area contributed by atoms with Gasteiger partial charge in [0.15, 0.2) is 0 Å². The zero-order valence-electron chi connectivity index (χ0n) is 13.5.